The van der Waals surface area contributed by atoms with E-state index in [1.54, 1.807) is 0 Å². The first kappa shape index (κ1) is 9.24. The van der Waals surface area contributed by atoms with Gasteiger partial charge in [0, 0.05) is 6.54 Å². The molecule has 1 N–H and O–H groups in total. The van der Waals surface area contributed by atoms with Gasteiger partial charge in [0.25, 0.3) is 0 Å². The number of thiol groups is 1. The van der Waals surface area contributed by atoms with Crippen LogP contribution in [-0.2, 0) is 0 Å². The zero-order valence-electron chi connectivity index (χ0n) is 5.55. The van der Waals surface area contributed by atoms with Crippen molar-refractivity contribution in [3.8, 4) is 0 Å². The maximum atomic E-state index is 4.95. The zero-order chi connectivity index (χ0) is 7.28. The van der Waals surface area contributed by atoms with Gasteiger partial charge in [-0.3, -0.25) is 0 Å². The Hall–Kier alpha value is 0.240. The Labute approximate surface area is 67.6 Å². The van der Waals surface area contributed by atoms with Crippen LogP contribution < -0.4 is 5.32 Å². The van der Waals surface area contributed by atoms with Gasteiger partial charge in [0.1, 0.15) is 0 Å². The predicted molar refractivity (Wildman–Crippen MR) is 49.0 cm³/mol. The second-order valence-corrected chi connectivity index (χ2v) is 2.76. The summed E-state index contributed by atoms with van der Waals surface area (Å²) in [6.07, 6.45) is 0.745. The largest absolute Gasteiger partial charge is 0.379 e. The summed E-state index contributed by atoms with van der Waals surface area (Å²) in [6, 6.07) is 0. The lowest BCUT2D eigenvalue weighted by Gasteiger charge is -2.09. The molecule has 0 heterocycles. The van der Waals surface area contributed by atoms with Gasteiger partial charge in [0.15, 0.2) is 0 Å². The van der Waals surface area contributed by atoms with Gasteiger partial charge >= 0.3 is 0 Å². The molecule has 1 radical (unpaired) electrons. The van der Waals surface area contributed by atoms with Crippen molar-refractivity contribution in [2.45, 2.75) is 18.6 Å². The fourth-order valence-corrected chi connectivity index (χ4v) is 0.777. The third-order valence-electron chi connectivity index (χ3n) is 0.927. The predicted octanol–water partition coefficient (Wildman–Crippen LogP) is 1.45. The smallest absolute Gasteiger partial charge is 0.0882 e. The SMILES string of the molecule is [CH2]CC(S)C(=S)NCC. The molecule has 0 bridgehead atoms. The van der Waals surface area contributed by atoms with Crippen LogP contribution in [0.1, 0.15) is 13.3 Å². The first-order valence-corrected chi connectivity index (χ1v) is 3.89. The van der Waals surface area contributed by atoms with Gasteiger partial charge in [0.2, 0.25) is 0 Å². The molecule has 0 aliphatic heterocycles. The van der Waals surface area contributed by atoms with Gasteiger partial charge in [-0.05, 0) is 13.3 Å². The zero-order valence-corrected chi connectivity index (χ0v) is 7.27. The van der Waals surface area contributed by atoms with Gasteiger partial charge in [-0.15, -0.1) is 0 Å². The first-order chi connectivity index (χ1) is 4.22. The third kappa shape index (κ3) is 3.76. The summed E-state index contributed by atoms with van der Waals surface area (Å²) in [7, 11) is 0. The van der Waals surface area contributed by atoms with E-state index < -0.39 is 0 Å². The van der Waals surface area contributed by atoms with Crippen molar-refractivity contribution in [1.29, 1.82) is 0 Å². The highest BCUT2D eigenvalue weighted by Crippen LogP contribution is 2.00. The van der Waals surface area contributed by atoms with Crippen molar-refractivity contribution in [3.05, 3.63) is 6.92 Å². The number of thiocarbonyl (C=S) groups is 1. The minimum Gasteiger partial charge on any atom is -0.379 e. The van der Waals surface area contributed by atoms with E-state index >= 15 is 0 Å². The highest BCUT2D eigenvalue weighted by Gasteiger charge is 2.03. The molecule has 3 heteroatoms. The summed E-state index contributed by atoms with van der Waals surface area (Å²) in [6.45, 7) is 6.57. The lowest BCUT2D eigenvalue weighted by molar-refractivity contribution is 0.943. The molecular weight excluding hydrogens is 150 g/mol. The van der Waals surface area contributed by atoms with Crippen molar-refractivity contribution in [2.24, 2.45) is 0 Å². The van der Waals surface area contributed by atoms with E-state index in [2.05, 4.69) is 24.9 Å². The second kappa shape index (κ2) is 5.06. The Bertz CT molecular complexity index is 93.1. The number of hydrogen-bond acceptors (Lipinski definition) is 2. The highest BCUT2D eigenvalue weighted by atomic mass is 32.1. The third-order valence-corrected chi connectivity index (χ3v) is 2.05. The quantitative estimate of drug-likeness (QED) is 0.481. The molecular formula is C6H12NS2. The lowest BCUT2D eigenvalue weighted by atomic mass is 10.3. The highest BCUT2D eigenvalue weighted by molar-refractivity contribution is 7.86. The van der Waals surface area contributed by atoms with Crippen molar-refractivity contribution in [1.82, 2.24) is 5.32 Å². The van der Waals surface area contributed by atoms with Gasteiger partial charge in [-0.1, -0.05) is 19.1 Å². The Balaban J connectivity index is 3.46. The molecule has 0 saturated heterocycles. The Kier molecular flexibility index (Phi) is 5.19. The van der Waals surface area contributed by atoms with Crippen molar-refractivity contribution < 1.29 is 0 Å². The molecule has 0 aliphatic rings. The van der Waals surface area contributed by atoms with Crippen LogP contribution in [0.15, 0.2) is 0 Å². The van der Waals surface area contributed by atoms with Gasteiger partial charge in [-0.2, -0.15) is 12.6 Å². The van der Waals surface area contributed by atoms with Crippen LogP contribution in [-0.4, -0.2) is 16.8 Å². The molecule has 0 spiro atoms. The van der Waals surface area contributed by atoms with E-state index in [1.165, 1.54) is 0 Å². The summed E-state index contributed by atoms with van der Waals surface area (Å²) in [5, 5.41) is 3.14. The summed E-state index contributed by atoms with van der Waals surface area (Å²) in [5.41, 5.74) is 0. The molecule has 1 atom stereocenters. The Morgan fingerprint density at radius 1 is 1.89 bits per heavy atom. The summed E-state index contributed by atoms with van der Waals surface area (Å²) in [5.74, 6) is 0. The maximum absolute atomic E-state index is 4.95. The molecule has 0 saturated carbocycles. The number of nitrogens with one attached hydrogen (secondary N) is 1. The second-order valence-electron chi connectivity index (χ2n) is 1.70. The topological polar surface area (TPSA) is 12.0 Å². The van der Waals surface area contributed by atoms with Crippen LogP contribution in [0, 0.1) is 6.92 Å². The Morgan fingerprint density at radius 3 is 2.78 bits per heavy atom. The van der Waals surface area contributed by atoms with E-state index in [4.69, 9.17) is 12.2 Å². The van der Waals surface area contributed by atoms with Crippen LogP contribution in [0.2, 0.25) is 0 Å². The van der Waals surface area contributed by atoms with Crippen LogP contribution in [0.3, 0.4) is 0 Å². The average molecular weight is 162 g/mol. The van der Waals surface area contributed by atoms with Gasteiger partial charge in [-0.25, -0.2) is 0 Å². The van der Waals surface area contributed by atoms with E-state index in [1.807, 2.05) is 6.92 Å². The van der Waals surface area contributed by atoms with E-state index in [0.717, 1.165) is 18.0 Å². The summed E-state index contributed by atoms with van der Waals surface area (Å²) >= 11 is 9.14. The fraction of sp³-hybridized carbons (Fsp3) is 0.667. The van der Waals surface area contributed by atoms with E-state index in [9.17, 15) is 0 Å². The average Bonchev–Trinajstić information content (AvgIpc) is 1.87. The van der Waals surface area contributed by atoms with Gasteiger partial charge in [0.05, 0.1) is 10.2 Å². The van der Waals surface area contributed by atoms with E-state index in [-0.39, 0.29) is 5.25 Å². The van der Waals surface area contributed by atoms with Crippen LogP contribution in [0.5, 0.6) is 0 Å². The molecule has 1 unspecified atom stereocenters. The minimum atomic E-state index is 0.125. The van der Waals surface area contributed by atoms with Crippen molar-refractivity contribution in [3.63, 3.8) is 0 Å². The molecule has 0 amide bonds. The van der Waals surface area contributed by atoms with Crippen LogP contribution in [0.4, 0.5) is 0 Å². The fourth-order valence-electron chi connectivity index (χ4n) is 0.423. The minimum absolute atomic E-state index is 0.125. The molecule has 0 aromatic carbocycles. The molecule has 0 aromatic rings. The standard InChI is InChI=1S/C6H12NS2/c1-3-5(8)6(9)7-4-2/h5,8H,1,3-4H2,2H3,(H,7,9). The molecule has 0 fully saturated rings. The molecule has 1 nitrogen and oxygen atoms in total. The van der Waals surface area contributed by atoms with Gasteiger partial charge < -0.3 is 5.32 Å². The summed E-state index contributed by atoms with van der Waals surface area (Å²) < 4.78 is 0. The normalized spacial score (nSPS) is 12.8. The molecule has 53 valence electrons. The maximum Gasteiger partial charge on any atom is 0.0882 e. The van der Waals surface area contributed by atoms with E-state index in [0.29, 0.717) is 0 Å². The summed E-state index contributed by atoms with van der Waals surface area (Å²) in [4.78, 5) is 0.802. The van der Waals surface area contributed by atoms with Crippen LogP contribution in [0.25, 0.3) is 0 Å². The number of rotatable bonds is 3. The molecule has 9 heavy (non-hydrogen) atoms. The molecule has 0 aromatic heterocycles. The van der Waals surface area contributed by atoms with Crippen molar-refractivity contribution in [2.75, 3.05) is 6.54 Å². The molecule has 0 rings (SSSR count). The van der Waals surface area contributed by atoms with Crippen LogP contribution >= 0.6 is 24.8 Å². The first-order valence-electron chi connectivity index (χ1n) is 2.97. The number of hydrogen-bond donors (Lipinski definition) is 2. The Morgan fingerprint density at radius 2 is 2.44 bits per heavy atom. The molecule has 0 aliphatic carbocycles. The lowest BCUT2D eigenvalue weighted by Crippen LogP contribution is -2.28. The monoisotopic (exact) mass is 162 g/mol. The van der Waals surface area contributed by atoms with Crippen molar-refractivity contribution >= 4 is 29.8 Å².